The van der Waals surface area contributed by atoms with Crippen LogP contribution in [0.5, 0.6) is 11.5 Å². The minimum absolute atomic E-state index is 0.0405. The van der Waals surface area contributed by atoms with Gasteiger partial charge in [0.05, 0.1) is 7.11 Å². The molecular formula is C24H22N4O7S2. The maximum absolute atomic E-state index is 13.8. The summed E-state index contributed by atoms with van der Waals surface area (Å²) in [6, 6.07) is 6.81. The summed E-state index contributed by atoms with van der Waals surface area (Å²) >= 11 is 2.43. The first-order valence-electron chi connectivity index (χ1n) is 11.2. The molecule has 0 aliphatic carbocycles. The lowest BCUT2D eigenvalue weighted by atomic mass is 9.91. The molecule has 1 aromatic carbocycles. The number of nitrogens with one attached hydrogen (secondary N) is 2. The molecular weight excluding hydrogens is 520 g/mol. The molecule has 2 atom stereocenters. The van der Waals surface area contributed by atoms with E-state index >= 15 is 0 Å². The average Bonchev–Trinajstić information content (AvgIpc) is 3.63. The molecule has 2 N–H and O–H groups in total. The maximum Gasteiger partial charge on any atom is 0.357 e. The zero-order chi connectivity index (χ0) is 26.2. The molecule has 2 aromatic heterocycles. The summed E-state index contributed by atoms with van der Waals surface area (Å²) < 4.78 is 15.9. The number of aromatic nitrogens is 1. The van der Waals surface area contributed by atoms with Gasteiger partial charge in [0, 0.05) is 16.7 Å². The number of urea groups is 1. The van der Waals surface area contributed by atoms with Crippen molar-refractivity contribution >= 4 is 51.6 Å². The van der Waals surface area contributed by atoms with Crippen LogP contribution >= 0.6 is 22.7 Å². The number of carbonyl (C=O) groups is 4. The second-order valence-electron chi connectivity index (χ2n) is 8.41. The van der Waals surface area contributed by atoms with Crippen LogP contribution < -0.4 is 20.1 Å². The van der Waals surface area contributed by atoms with Crippen LogP contribution in [0.15, 0.2) is 41.1 Å². The van der Waals surface area contributed by atoms with E-state index in [4.69, 9.17) is 9.47 Å². The number of amides is 4. The van der Waals surface area contributed by atoms with Crippen LogP contribution in [0.3, 0.4) is 0 Å². The summed E-state index contributed by atoms with van der Waals surface area (Å²) in [5.74, 6) is -0.814. The van der Waals surface area contributed by atoms with Crippen molar-refractivity contribution in [3.05, 3.63) is 57.2 Å². The highest BCUT2D eigenvalue weighted by Crippen LogP contribution is 2.37. The van der Waals surface area contributed by atoms with E-state index in [0.717, 1.165) is 21.1 Å². The molecule has 2 aliphatic heterocycles. The Morgan fingerprint density at radius 3 is 2.73 bits per heavy atom. The molecule has 1 saturated heterocycles. The number of ether oxygens (including phenoxy) is 3. The van der Waals surface area contributed by atoms with Gasteiger partial charge < -0.3 is 24.8 Å². The normalized spacial score (nSPS) is 19.4. The minimum atomic E-state index is -1.43. The lowest BCUT2D eigenvalue weighted by Gasteiger charge is -2.27. The van der Waals surface area contributed by atoms with Gasteiger partial charge in [-0.3, -0.25) is 9.59 Å². The predicted molar refractivity (Wildman–Crippen MR) is 134 cm³/mol. The Balaban J connectivity index is 1.44. The average molecular weight is 543 g/mol. The summed E-state index contributed by atoms with van der Waals surface area (Å²) in [6.45, 7) is 2.38. The van der Waals surface area contributed by atoms with Gasteiger partial charge in [-0.15, -0.1) is 22.7 Å². The van der Waals surface area contributed by atoms with Crippen molar-refractivity contribution in [3.8, 4) is 11.5 Å². The van der Waals surface area contributed by atoms with Gasteiger partial charge in [0.25, 0.3) is 5.91 Å². The van der Waals surface area contributed by atoms with Crippen LogP contribution in [-0.4, -0.2) is 60.1 Å². The molecule has 5 rings (SSSR count). The fourth-order valence-electron chi connectivity index (χ4n) is 4.13. The van der Waals surface area contributed by atoms with Crippen molar-refractivity contribution in [3.63, 3.8) is 0 Å². The number of thiophene rings is 1. The standard InChI is InChI=1S/C24H22N4O7S2/c1-24(13-5-6-17-18(10-13)35-8-7-34-17)21(31)28(23(32)27-24)16(11-14-4-3-9-36-14)19(29)26-22-25-15(12-37-22)20(30)33-2/h3-6,9-10,12,16H,7-8,11H2,1-2H3,(H,27,32)(H,25,26,29)/t16?,24-/m0/s1. The lowest BCUT2D eigenvalue weighted by Crippen LogP contribution is -2.50. The zero-order valence-corrected chi connectivity index (χ0v) is 21.4. The molecule has 1 fully saturated rings. The molecule has 1 unspecified atom stereocenters. The number of fused-ring (bicyclic) bond motifs is 1. The van der Waals surface area contributed by atoms with Crippen molar-refractivity contribution < 1.29 is 33.4 Å². The molecule has 0 bridgehead atoms. The van der Waals surface area contributed by atoms with Crippen LogP contribution in [0.2, 0.25) is 0 Å². The molecule has 0 radical (unpaired) electrons. The molecule has 3 aromatic rings. The fourth-order valence-corrected chi connectivity index (χ4v) is 5.56. The third kappa shape index (κ3) is 4.62. The molecule has 0 spiro atoms. The van der Waals surface area contributed by atoms with Crippen molar-refractivity contribution in [2.45, 2.75) is 24.9 Å². The lowest BCUT2D eigenvalue weighted by molar-refractivity contribution is -0.136. The van der Waals surface area contributed by atoms with Crippen molar-refractivity contribution in [2.75, 3.05) is 25.6 Å². The highest BCUT2D eigenvalue weighted by Gasteiger charge is 2.53. The smallest absolute Gasteiger partial charge is 0.357 e. The number of nitrogens with zero attached hydrogens (tertiary/aromatic N) is 2. The van der Waals surface area contributed by atoms with E-state index < -0.39 is 35.4 Å². The van der Waals surface area contributed by atoms with Gasteiger partial charge in [0.15, 0.2) is 22.3 Å². The van der Waals surface area contributed by atoms with E-state index in [-0.39, 0.29) is 17.2 Å². The van der Waals surface area contributed by atoms with Crippen LogP contribution in [-0.2, 0) is 26.3 Å². The van der Waals surface area contributed by atoms with E-state index in [1.165, 1.54) is 23.8 Å². The van der Waals surface area contributed by atoms with E-state index in [0.29, 0.717) is 30.3 Å². The van der Waals surface area contributed by atoms with Crippen molar-refractivity contribution in [1.29, 1.82) is 0 Å². The Labute approximate surface area is 219 Å². The number of hydrogen-bond donors (Lipinski definition) is 2. The Morgan fingerprint density at radius 1 is 1.22 bits per heavy atom. The van der Waals surface area contributed by atoms with Gasteiger partial charge in [-0.05, 0) is 36.1 Å². The number of benzene rings is 1. The Morgan fingerprint density at radius 2 is 2.00 bits per heavy atom. The first kappa shape index (κ1) is 24.7. The molecule has 4 amide bonds. The van der Waals surface area contributed by atoms with Gasteiger partial charge in [-0.2, -0.15) is 0 Å². The van der Waals surface area contributed by atoms with Crippen LogP contribution in [0.25, 0.3) is 0 Å². The van der Waals surface area contributed by atoms with E-state index in [9.17, 15) is 19.2 Å². The number of rotatable bonds is 7. The quantitative estimate of drug-likeness (QED) is 0.344. The number of carbonyl (C=O) groups excluding carboxylic acids is 4. The third-order valence-corrected chi connectivity index (χ3v) is 7.72. The summed E-state index contributed by atoms with van der Waals surface area (Å²) in [6.07, 6.45) is 0.106. The third-order valence-electron chi connectivity index (χ3n) is 6.06. The largest absolute Gasteiger partial charge is 0.486 e. The number of esters is 1. The molecule has 2 aliphatic rings. The van der Waals surface area contributed by atoms with E-state index in [2.05, 4.69) is 20.4 Å². The first-order valence-corrected chi connectivity index (χ1v) is 13.0. The second kappa shape index (κ2) is 9.82. The number of hydrogen-bond acceptors (Lipinski definition) is 10. The highest BCUT2D eigenvalue weighted by atomic mass is 32.1. The van der Waals surface area contributed by atoms with Gasteiger partial charge in [-0.25, -0.2) is 19.5 Å². The number of methoxy groups -OCH3 is 1. The van der Waals surface area contributed by atoms with Gasteiger partial charge in [0.1, 0.15) is 24.8 Å². The second-order valence-corrected chi connectivity index (χ2v) is 10.3. The van der Waals surface area contributed by atoms with E-state index in [1.54, 1.807) is 25.1 Å². The molecule has 37 heavy (non-hydrogen) atoms. The minimum Gasteiger partial charge on any atom is -0.486 e. The van der Waals surface area contributed by atoms with Crippen LogP contribution in [0.1, 0.15) is 27.9 Å². The monoisotopic (exact) mass is 542 g/mol. The Bertz CT molecular complexity index is 1370. The van der Waals surface area contributed by atoms with Gasteiger partial charge in [-0.1, -0.05) is 12.1 Å². The topological polar surface area (TPSA) is 136 Å². The number of imide groups is 1. The molecule has 0 saturated carbocycles. The Kier molecular flexibility index (Phi) is 6.56. The summed E-state index contributed by atoms with van der Waals surface area (Å²) in [7, 11) is 1.23. The summed E-state index contributed by atoms with van der Waals surface area (Å²) in [4.78, 5) is 58.0. The number of anilines is 1. The SMILES string of the molecule is COC(=O)c1csc(NC(=O)C(Cc2cccs2)N2C(=O)N[C@@](C)(c3ccc4c(c3)OCCO4)C2=O)n1. The van der Waals surface area contributed by atoms with Gasteiger partial charge >= 0.3 is 12.0 Å². The predicted octanol–water partition coefficient (Wildman–Crippen LogP) is 2.78. The van der Waals surface area contributed by atoms with Crippen molar-refractivity contribution in [1.82, 2.24) is 15.2 Å². The Hall–Kier alpha value is -3.97. The number of thiazole rings is 1. The zero-order valence-electron chi connectivity index (χ0n) is 19.8. The van der Waals surface area contributed by atoms with Gasteiger partial charge in [0.2, 0.25) is 5.91 Å². The fraction of sp³-hybridized carbons (Fsp3) is 0.292. The molecule has 11 nitrogen and oxygen atoms in total. The molecule has 4 heterocycles. The first-order chi connectivity index (χ1) is 17.8. The maximum atomic E-state index is 13.8. The van der Waals surface area contributed by atoms with Crippen molar-refractivity contribution in [2.24, 2.45) is 0 Å². The van der Waals surface area contributed by atoms with Crippen LogP contribution in [0.4, 0.5) is 9.93 Å². The highest BCUT2D eigenvalue weighted by molar-refractivity contribution is 7.14. The molecule has 13 heteroatoms. The van der Waals surface area contributed by atoms with E-state index in [1.807, 2.05) is 17.5 Å². The summed E-state index contributed by atoms with van der Waals surface area (Å²) in [5, 5.41) is 8.82. The molecule has 192 valence electrons. The summed E-state index contributed by atoms with van der Waals surface area (Å²) in [5.41, 5.74) is -0.894. The van der Waals surface area contributed by atoms with Crippen LogP contribution in [0, 0.1) is 0 Å².